The molecule has 0 spiro atoms. The summed E-state index contributed by atoms with van der Waals surface area (Å²) in [6.07, 6.45) is 0.521. The molecule has 0 amide bonds. The van der Waals surface area contributed by atoms with E-state index in [0.717, 1.165) is 18.5 Å². The molecule has 0 bridgehead atoms. The molecule has 0 saturated carbocycles. The summed E-state index contributed by atoms with van der Waals surface area (Å²) in [6, 6.07) is 5.87. The Balaban J connectivity index is 2.28. The van der Waals surface area contributed by atoms with Crippen LogP contribution in [0, 0.1) is 5.82 Å². The van der Waals surface area contributed by atoms with E-state index in [1.807, 2.05) is 20.8 Å². The highest BCUT2D eigenvalue weighted by atomic mass is 19.1. The van der Waals surface area contributed by atoms with Crippen LogP contribution in [0.15, 0.2) is 24.3 Å². The Bertz CT molecular complexity index is 354. The molecular formula is C15H24FNO2. The van der Waals surface area contributed by atoms with Crippen molar-refractivity contribution in [3.8, 4) is 0 Å². The van der Waals surface area contributed by atoms with Gasteiger partial charge in [0.2, 0.25) is 0 Å². The van der Waals surface area contributed by atoms with Crippen molar-refractivity contribution in [1.82, 2.24) is 5.32 Å². The molecule has 1 aromatic rings. The molecule has 0 aromatic heterocycles. The van der Waals surface area contributed by atoms with Crippen LogP contribution < -0.4 is 5.32 Å². The molecule has 0 aliphatic rings. The fourth-order valence-electron chi connectivity index (χ4n) is 1.78. The molecular weight excluding hydrogens is 245 g/mol. The van der Waals surface area contributed by atoms with Crippen molar-refractivity contribution in [3.63, 3.8) is 0 Å². The second kappa shape index (κ2) is 8.25. The van der Waals surface area contributed by atoms with Crippen LogP contribution in [0.5, 0.6) is 0 Å². The van der Waals surface area contributed by atoms with Crippen LogP contribution in [-0.4, -0.2) is 30.4 Å². The van der Waals surface area contributed by atoms with Crippen molar-refractivity contribution in [2.45, 2.75) is 45.4 Å². The van der Waals surface area contributed by atoms with E-state index in [9.17, 15) is 9.50 Å². The maximum Gasteiger partial charge on any atom is 0.123 e. The predicted molar refractivity (Wildman–Crippen MR) is 74.5 cm³/mol. The van der Waals surface area contributed by atoms with Gasteiger partial charge in [-0.3, -0.25) is 0 Å². The molecule has 2 N–H and O–H groups in total. The third-order valence-electron chi connectivity index (χ3n) is 2.92. The van der Waals surface area contributed by atoms with Gasteiger partial charge < -0.3 is 15.2 Å². The van der Waals surface area contributed by atoms with Gasteiger partial charge in [0.05, 0.1) is 12.2 Å². The second-order valence-electron chi connectivity index (χ2n) is 5.01. The van der Waals surface area contributed by atoms with E-state index in [1.54, 1.807) is 12.1 Å². The number of ether oxygens (including phenoxy) is 1. The summed E-state index contributed by atoms with van der Waals surface area (Å²) < 4.78 is 18.2. The highest BCUT2D eigenvalue weighted by Gasteiger charge is 2.15. The standard InChI is InChI=1S/C15H24FNO2/c1-11(2)19-10-4-9-17-12(3)15(18)13-5-7-14(16)8-6-13/h5-8,11-12,15,17-18H,4,9-10H2,1-3H3. The molecule has 3 nitrogen and oxygen atoms in total. The Morgan fingerprint density at radius 2 is 1.84 bits per heavy atom. The first kappa shape index (κ1) is 16.1. The van der Waals surface area contributed by atoms with Crippen molar-refractivity contribution in [3.05, 3.63) is 35.6 Å². The Morgan fingerprint density at radius 1 is 1.21 bits per heavy atom. The highest BCUT2D eigenvalue weighted by molar-refractivity contribution is 5.19. The zero-order valence-corrected chi connectivity index (χ0v) is 11.9. The molecule has 0 aliphatic carbocycles. The van der Waals surface area contributed by atoms with Crippen LogP contribution in [0.3, 0.4) is 0 Å². The molecule has 0 saturated heterocycles. The van der Waals surface area contributed by atoms with E-state index in [4.69, 9.17) is 4.74 Å². The molecule has 2 atom stereocenters. The first-order valence-corrected chi connectivity index (χ1v) is 6.79. The Labute approximate surface area is 114 Å². The summed E-state index contributed by atoms with van der Waals surface area (Å²) in [5, 5.41) is 13.4. The van der Waals surface area contributed by atoms with E-state index in [0.29, 0.717) is 6.61 Å². The molecule has 0 heterocycles. The van der Waals surface area contributed by atoms with Gasteiger partial charge in [-0.15, -0.1) is 0 Å². The minimum absolute atomic E-state index is 0.0792. The summed E-state index contributed by atoms with van der Waals surface area (Å²) in [4.78, 5) is 0. The van der Waals surface area contributed by atoms with E-state index >= 15 is 0 Å². The van der Waals surface area contributed by atoms with Gasteiger partial charge in [0.25, 0.3) is 0 Å². The van der Waals surface area contributed by atoms with Gasteiger partial charge in [-0.2, -0.15) is 0 Å². The van der Waals surface area contributed by atoms with Crippen LogP contribution in [0.1, 0.15) is 38.9 Å². The first-order chi connectivity index (χ1) is 9.00. The summed E-state index contributed by atoms with van der Waals surface area (Å²) in [7, 11) is 0. The van der Waals surface area contributed by atoms with Gasteiger partial charge in [-0.05, 0) is 51.4 Å². The lowest BCUT2D eigenvalue weighted by atomic mass is 10.0. The normalized spacial score (nSPS) is 14.6. The molecule has 1 rings (SSSR count). The van der Waals surface area contributed by atoms with Gasteiger partial charge >= 0.3 is 0 Å². The van der Waals surface area contributed by atoms with Gasteiger partial charge in [0, 0.05) is 12.6 Å². The molecule has 4 heteroatoms. The number of hydrogen-bond donors (Lipinski definition) is 2. The summed E-state index contributed by atoms with van der Waals surface area (Å²) in [6.45, 7) is 7.43. The van der Waals surface area contributed by atoms with Crippen LogP contribution in [0.2, 0.25) is 0 Å². The third-order valence-corrected chi connectivity index (χ3v) is 2.92. The SMILES string of the molecule is CC(C)OCCCNC(C)C(O)c1ccc(F)cc1. The number of aliphatic hydroxyl groups is 1. The zero-order valence-electron chi connectivity index (χ0n) is 11.9. The zero-order chi connectivity index (χ0) is 14.3. The molecule has 108 valence electrons. The lowest BCUT2D eigenvalue weighted by molar-refractivity contribution is 0.0746. The Kier molecular flexibility index (Phi) is 6.99. The number of halogens is 1. The summed E-state index contributed by atoms with van der Waals surface area (Å²) in [5.41, 5.74) is 0.722. The van der Waals surface area contributed by atoms with E-state index in [-0.39, 0.29) is 18.0 Å². The molecule has 0 fully saturated rings. The minimum atomic E-state index is -0.633. The van der Waals surface area contributed by atoms with E-state index in [2.05, 4.69) is 5.32 Å². The fourth-order valence-corrected chi connectivity index (χ4v) is 1.78. The minimum Gasteiger partial charge on any atom is -0.387 e. The van der Waals surface area contributed by atoms with Crippen LogP contribution in [0.25, 0.3) is 0 Å². The maximum atomic E-state index is 12.8. The smallest absolute Gasteiger partial charge is 0.123 e. The first-order valence-electron chi connectivity index (χ1n) is 6.79. The van der Waals surface area contributed by atoms with E-state index < -0.39 is 6.10 Å². The number of aliphatic hydroxyl groups excluding tert-OH is 1. The maximum absolute atomic E-state index is 12.8. The molecule has 2 unspecified atom stereocenters. The van der Waals surface area contributed by atoms with Gasteiger partial charge in [-0.25, -0.2) is 4.39 Å². The monoisotopic (exact) mass is 269 g/mol. The molecule has 1 aromatic carbocycles. The number of nitrogens with one attached hydrogen (secondary N) is 1. The second-order valence-corrected chi connectivity index (χ2v) is 5.01. The fraction of sp³-hybridized carbons (Fsp3) is 0.600. The molecule has 19 heavy (non-hydrogen) atoms. The Morgan fingerprint density at radius 3 is 2.42 bits per heavy atom. The van der Waals surface area contributed by atoms with Gasteiger partial charge in [0.1, 0.15) is 5.82 Å². The lowest BCUT2D eigenvalue weighted by Crippen LogP contribution is -2.33. The van der Waals surface area contributed by atoms with Crippen molar-refractivity contribution in [2.75, 3.05) is 13.2 Å². The van der Waals surface area contributed by atoms with Gasteiger partial charge in [-0.1, -0.05) is 12.1 Å². The van der Waals surface area contributed by atoms with E-state index in [1.165, 1.54) is 12.1 Å². The number of benzene rings is 1. The quantitative estimate of drug-likeness (QED) is 0.713. The number of rotatable bonds is 8. The van der Waals surface area contributed by atoms with Crippen LogP contribution in [-0.2, 0) is 4.74 Å². The van der Waals surface area contributed by atoms with Crippen molar-refractivity contribution in [2.24, 2.45) is 0 Å². The van der Waals surface area contributed by atoms with Crippen molar-refractivity contribution in [1.29, 1.82) is 0 Å². The average molecular weight is 269 g/mol. The van der Waals surface area contributed by atoms with Crippen molar-refractivity contribution >= 4 is 0 Å². The van der Waals surface area contributed by atoms with Crippen LogP contribution >= 0.6 is 0 Å². The lowest BCUT2D eigenvalue weighted by Gasteiger charge is -2.20. The Hall–Kier alpha value is -0.970. The van der Waals surface area contributed by atoms with Crippen molar-refractivity contribution < 1.29 is 14.2 Å². The topological polar surface area (TPSA) is 41.5 Å². The van der Waals surface area contributed by atoms with Gasteiger partial charge in [0.15, 0.2) is 0 Å². The molecule has 0 aliphatic heterocycles. The number of hydrogen-bond acceptors (Lipinski definition) is 3. The van der Waals surface area contributed by atoms with Crippen LogP contribution in [0.4, 0.5) is 4.39 Å². The largest absolute Gasteiger partial charge is 0.387 e. The summed E-state index contributed by atoms with van der Waals surface area (Å²) in [5.74, 6) is -0.289. The highest BCUT2D eigenvalue weighted by Crippen LogP contribution is 2.16. The summed E-state index contributed by atoms with van der Waals surface area (Å²) >= 11 is 0. The third kappa shape index (κ3) is 6.14. The average Bonchev–Trinajstić information content (AvgIpc) is 2.37. The predicted octanol–water partition coefficient (Wildman–Crippen LogP) is 2.65. The molecule has 0 radical (unpaired) electrons.